The van der Waals surface area contributed by atoms with E-state index >= 15 is 0 Å². The van der Waals surface area contributed by atoms with Crippen LogP contribution in [0.4, 0.5) is 29.3 Å². The zero-order valence-electron chi connectivity index (χ0n) is 25.0. The molecule has 4 rings (SSSR count). The van der Waals surface area contributed by atoms with Crippen molar-refractivity contribution in [2.24, 2.45) is 5.92 Å². The van der Waals surface area contributed by atoms with Gasteiger partial charge in [-0.2, -0.15) is 13.2 Å². The molecule has 0 saturated heterocycles. The maximum absolute atomic E-state index is 13.7. The molecule has 1 aliphatic heterocycles. The van der Waals surface area contributed by atoms with Crippen LogP contribution in [0.1, 0.15) is 45.7 Å². The van der Waals surface area contributed by atoms with Gasteiger partial charge in [0.25, 0.3) is 5.91 Å². The van der Waals surface area contributed by atoms with Gasteiger partial charge >= 0.3 is 18.2 Å². The molecule has 3 amide bonds. The summed E-state index contributed by atoms with van der Waals surface area (Å²) in [4.78, 5) is 41.1. The number of alkyl halides is 3. The number of aliphatic hydroxyl groups is 1. The van der Waals surface area contributed by atoms with Gasteiger partial charge in [0, 0.05) is 36.9 Å². The molecule has 13 heteroatoms. The smallest absolute Gasteiger partial charge is 0.416 e. The lowest BCUT2D eigenvalue weighted by molar-refractivity contribution is -0.137. The molecule has 3 atom stereocenters. The first-order chi connectivity index (χ1) is 21.2. The van der Waals surface area contributed by atoms with Gasteiger partial charge in [0.15, 0.2) is 0 Å². The Hall–Kier alpha value is -4.62. The van der Waals surface area contributed by atoms with E-state index in [1.807, 2.05) is 18.9 Å². The van der Waals surface area contributed by atoms with Crippen LogP contribution in [-0.4, -0.2) is 76.8 Å². The van der Waals surface area contributed by atoms with Crippen LogP contribution < -0.4 is 15.4 Å². The Morgan fingerprint density at radius 1 is 1.04 bits per heavy atom. The first-order valence-electron chi connectivity index (χ1n) is 14.2. The number of amides is 3. The van der Waals surface area contributed by atoms with E-state index in [1.54, 1.807) is 48.2 Å². The Morgan fingerprint density at radius 3 is 2.27 bits per heavy atom. The van der Waals surface area contributed by atoms with Gasteiger partial charge in [-0.05, 0) is 74.1 Å². The number of aliphatic hydroxyl groups excluding tert-OH is 1. The summed E-state index contributed by atoms with van der Waals surface area (Å²) in [5.74, 6) is -1.24. The summed E-state index contributed by atoms with van der Waals surface area (Å²) in [5, 5.41) is 24.1. The second-order valence-electron chi connectivity index (χ2n) is 11.2. The lowest BCUT2D eigenvalue weighted by Gasteiger charge is -2.38. The molecule has 3 aromatic rings. The van der Waals surface area contributed by atoms with Gasteiger partial charge in [0.1, 0.15) is 11.9 Å². The van der Waals surface area contributed by atoms with Crippen LogP contribution >= 0.6 is 0 Å². The van der Waals surface area contributed by atoms with Crippen LogP contribution in [0.15, 0.2) is 66.7 Å². The number of urea groups is 1. The highest BCUT2D eigenvalue weighted by atomic mass is 19.4. The highest BCUT2D eigenvalue weighted by molar-refractivity contribution is 6.02. The van der Waals surface area contributed by atoms with E-state index in [-0.39, 0.29) is 47.7 Å². The quantitative estimate of drug-likeness (QED) is 0.250. The van der Waals surface area contributed by atoms with Crippen LogP contribution in [-0.2, 0) is 12.7 Å². The fourth-order valence-corrected chi connectivity index (χ4v) is 4.99. The van der Waals surface area contributed by atoms with E-state index in [2.05, 4.69) is 10.6 Å². The number of carbonyl (C=O) groups excluding carboxylic acids is 2. The van der Waals surface area contributed by atoms with Gasteiger partial charge in [-0.3, -0.25) is 9.69 Å². The molecule has 0 unspecified atom stereocenters. The number of halogens is 3. The second kappa shape index (κ2) is 14.0. The summed E-state index contributed by atoms with van der Waals surface area (Å²) in [7, 11) is 1.91. The SMILES string of the molecule is C[C@H](CO)N1C[C@H](C)[C@H](CN(C)Cc2ccc(C(=O)O)cc2)Oc2ccc(NC(=O)Nc3ccc(C(F)(F)F)cc3)cc2C1=O. The number of rotatable bonds is 9. The second-order valence-corrected chi connectivity index (χ2v) is 11.2. The minimum Gasteiger partial charge on any atom is -0.488 e. The average Bonchev–Trinajstić information content (AvgIpc) is 2.98. The Balaban J connectivity index is 1.52. The molecule has 0 bridgehead atoms. The normalized spacial score (nSPS) is 17.5. The number of likely N-dealkylation sites (N-methyl/N-ethyl adjacent to an activating group) is 1. The molecule has 10 nitrogen and oxygen atoms in total. The van der Waals surface area contributed by atoms with E-state index in [9.17, 15) is 32.7 Å². The Kier molecular flexibility index (Phi) is 10.3. The Labute approximate surface area is 258 Å². The number of hydrogen-bond donors (Lipinski definition) is 4. The Morgan fingerprint density at radius 2 is 1.67 bits per heavy atom. The predicted octanol–water partition coefficient (Wildman–Crippen LogP) is 5.40. The van der Waals surface area contributed by atoms with Crippen molar-refractivity contribution in [3.05, 3.63) is 89.0 Å². The molecule has 4 N–H and O–H groups in total. The molecule has 0 saturated carbocycles. The van der Waals surface area contributed by atoms with Crippen molar-refractivity contribution in [1.29, 1.82) is 0 Å². The van der Waals surface area contributed by atoms with Crippen LogP contribution in [0, 0.1) is 5.92 Å². The predicted molar refractivity (Wildman–Crippen MR) is 161 cm³/mol. The molecule has 0 aliphatic carbocycles. The van der Waals surface area contributed by atoms with Gasteiger partial charge in [0.2, 0.25) is 0 Å². The number of carboxylic acids is 1. The van der Waals surface area contributed by atoms with E-state index in [4.69, 9.17) is 9.84 Å². The van der Waals surface area contributed by atoms with Gasteiger partial charge in [-0.25, -0.2) is 9.59 Å². The van der Waals surface area contributed by atoms with Gasteiger partial charge in [-0.1, -0.05) is 19.1 Å². The zero-order valence-corrected chi connectivity index (χ0v) is 25.0. The van der Waals surface area contributed by atoms with Crippen LogP contribution in [0.2, 0.25) is 0 Å². The van der Waals surface area contributed by atoms with E-state index in [1.165, 1.54) is 6.07 Å². The van der Waals surface area contributed by atoms with Gasteiger partial charge in [-0.15, -0.1) is 0 Å². The van der Waals surface area contributed by atoms with Crippen LogP contribution in [0.5, 0.6) is 5.75 Å². The third-order valence-corrected chi connectivity index (χ3v) is 7.54. The van der Waals surface area contributed by atoms with E-state index in [0.717, 1.165) is 29.8 Å². The topological polar surface area (TPSA) is 131 Å². The first-order valence-corrected chi connectivity index (χ1v) is 14.2. The number of hydrogen-bond acceptors (Lipinski definition) is 6. The van der Waals surface area contributed by atoms with Gasteiger partial charge in [0.05, 0.1) is 29.3 Å². The third kappa shape index (κ3) is 8.52. The molecule has 0 fully saturated rings. The maximum atomic E-state index is 13.7. The number of nitrogens with zero attached hydrogens (tertiary/aromatic N) is 2. The summed E-state index contributed by atoms with van der Waals surface area (Å²) in [6, 6.07) is 13.9. The van der Waals surface area contributed by atoms with Gasteiger partial charge < -0.3 is 30.5 Å². The summed E-state index contributed by atoms with van der Waals surface area (Å²) < 4.78 is 44.9. The Bertz CT molecular complexity index is 1510. The first kappa shape index (κ1) is 33.3. The van der Waals surface area contributed by atoms with Crippen molar-refractivity contribution in [3.63, 3.8) is 0 Å². The molecule has 3 aromatic carbocycles. The summed E-state index contributed by atoms with van der Waals surface area (Å²) in [5.41, 5.74) is 0.836. The third-order valence-electron chi connectivity index (χ3n) is 7.54. The van der Waals surface area contributed by atoms with Crippen LogP contribution in [0.3, 0.4) is 0 Å². The fraction of sp³-hybridized carbons (Fsp3) is 0.344. The monoisotopic (exact) mass is 628 g/mol. The molecule has 0 aromatic heterocycles. The number of benzene rings is 3. The summed E-state index contributed by atoms with van der Waals surface area (Å²) in [6.45, 7) is 4.69. The zero-order chi connectivity index (χ0) is 32.9. The molecule has 0 radical (unpaired) electrons. The summed E-state index contributed by atoms with van der Waals surface area (Å²) >= 11 is 0. The minimum atomic E-state index is -4.50. The van der Waals surface area contributed by atoms with Crippen molar-refractivity contribution in [2.45, 2.75) is 38.7 Å². The lowest BCUT2D eigenvalue weighted by atomic mass is 9.99. The maximum Gasteiger partial charge on any atom is 0.416 e. The molecule has 0 spiro atoms. The summed E-state index contributed by atoms with van der Waals surface area (Å²) in [6.07, 6.45) is -4.88. The number of carboxylic acid groups (broad SMARTS) is 1. The van der Waals surface area contributed by atoms with E-state index < -0.39 is 35.7 Å². The molecule has 1 heterocycles. The number of carbonyl (C=O) groups is 3. The lowest BCUT2D eigenvalue weighted by Crippen LogP contribution is -2.49. The highest BCUT2D eigenvalue weighted by Crippen LogP contribution is 2.32. The number of anilines is 2. The van der Waals surface area contributed by atoms with E-state index in [0.29, 0.717) is 18.8 Å². The number of nitrogens with one attached hydrogen (secondary N) is 2. The number of aromatic carboxylic acids is 1. The standard InChI is InChI=1S/C32H35F3N4O6/c1-19-15-39(20(2)18-40)29(41)26-14-25(37-31(44)36-24-10-8-23(9-11-24)32(33,34)35)12-13-27(26)45-28(19)17-38(3)16-21-4-6-22(7-5-21)30(42)43/h4-14,19-20,28,40H,15-18H2,1-3H3,(H,42,43)(H2,36,37,44)/t19-,20+,28-/m0/s1. The van der Waals surface area contributed by atoms with Crippen LogP contribution in [0.25, 0.3) is 0 Å². The average molecular weight is 629 g/mol. The number of ether oxygens (including phenoxy) is 1. The molecule has 45 heavy (non-hydrogen) atoms. The largest absolute Gasteiger partial charge is 0.488 e. The van der Waals surface area contributed by atoms with Crippen molar-refractivity contribution in [2.75, 3.05) is 37.4 Å². The van der Waals surface area contributed by atoms with Crippen molar-refractivity contribution in [3.8, 4) is 5.75 Å². The van der Waals surface area contributed by atoms with Crippen molar-refractivity contribution in [1.82, 2.24) is 9.80 Å². The molecular weight excluding hydrogens is 593 g/mol. The highest BCUT2D eigenvalue weighted by Gasteiger charge is 2.34. The van der Waals surface area contributed by atoms with Crippen molar-refractivity contribution >= 4 is 29.3 Å². The van der Waals surface area contributed by atoms with Crippen molar-refractivity contribution < 1.29 is 42.5 Å². The fourth-order valence-electron chi connectivity index (χ4n) is 4.99. The molecule has 1 aliphatic rings. The number of fused-ring (bicyclic) bond motifs is 1. The molecular formula is C32H35F3N4O6. The molecule has 240 valence electrons. The minimum absolute atomic E-state index is 0.139.